The Morgan fingerprint density at radius 1 is 0.267 bits per heavy atom. The second kappa shape index (κ2) is 6.86. The lowest BCUT2D eigenvalue weighted by Crippen LogP contribution is -1.87. The van der Waals surface area contributed by atoms with Gasteiger partial charge in [0.05, 0.1) is 0 Å². The van der Waals surface area contributed by atoms with E-state index in [4.69, 9.17) is 0 Å². The van der Waals surface area contributed by atoms with E-state index in [1.807, 2.05) is 0 Å². The Labute approximate surface area is 176 Å². The zero-order chi connectivity index (χ0) is 19.9. The minimum Gasteiger partial charge on any atom is -0.0622 e. The second-order valence-corrected chi connectivity index (χ2v) is 7.76. The van der Waals surface area contributed by atoms with Gasteiger partial charge < -0.3 is 0 Å². The monoisotopic (exact) mass is 380 g/mol. The van der Waals surface area contributed by atoms with Gasteiger partial charge in [-0.2, -0.15) is 0 Å². The SMILES string of the molecule is c1ccc(-c2ccc(-c3cccc4c5ccccc5c5ccccc5c34)cc2)cc1. The average molecular weight is 380 g/mol. The van der Waals surface area contributed by atoms with Gasteiger partial charge in [0, 0.05) is 0 Å². The molecule has 140 valence electrons. The average Bonchev–Trinajstić information content (AvgIpc) is 2.84. The molecule has 30 heavy (non-hydrogen) atoms. The first-order chi connectivity index (χ1) is 14.9. The molecule has 6 aromatic rings. The Morgan fingerprint density at radius 2 is 0.700 bits per heavy atom. The highest BCUT2D eigenvalue weighted by Crippen LogP contribution is 2.40. The Bertz CT molecular complexity index is 1460. The van der Waals surface area contributed by atoms with Crippen LogP contribution in [0.4, 0.5) is 0 Å². The van der Waals surface area contributed by atoms with Crippen molar-refractivity contribution in [2.75, 3.05) is 0 Å². The molecule has 0 aromatic heterocycles. The third kappa shape index (κ3) is 2.62. The standard InChI is InChI=1S/C30H20/c1-2-9-21(10-3-1)22-17-19-23(20-18-22)24-15-8-16-29-27-12-5-4-11-25(27)26-13-6-7-14-28(26)30(24)29/h1-20H. The van der Waals surface area contributed by atoms with Gasteiger partial charge in [-0.15, -0.1) is 0 Å². The van der Waals surface area contributed by atoms with E-state index >= 15 is 0 Å². The minimum atomic E-state index is 1.25. The third-order valence-electron chi connectivity index (χ3n) is 6.07. The molecule has 0 saturated carbocycles. The van der Waals surface area contributed by atoms with E-state index in [0.29, 0.717) is 0 Å². The van der Waals surface area contributed by atoms with Crippen molar-refractivity contribution in [2.24, 2.45) is 0 Å². The summed E-state index contributed by atoms with van der Waals surface area (Å²) in [6.07, 6.45) is 0. The topological polar surface area (TPSA) is 0 Å². The molecule has 6 aromatic carbocycles. The van der Waals surface area contributed by atoms with Crippen LogP contribution >= 0.6 is 0 Å². The van der Waals surface area contributed by atoms with Crippen LogP contribution in [0.1, 0.15) is 0 Å². The van der Waals surface area contributed by atoms with E-state index < -0.39 is 0 Å². The highest BCUT2D eigenvalue weighted by Gasteiger charge is 2.12. The van der Waals surface area contributed by atoms with E-state index in [0.717, 1.165) is 0 Å². The van der Waals surface area contributed by atoms with Crippen molar-refractivity contribution in [1.29, 1.82) is 0 Å². The van der Waals surface area contributed by atoms with Crippen molar-refractivity contribution in [2.45, 2.75) is 0 Å². The second-order valence-electron chi connectivity index (χ2n) is 7.76. The molecule has 0 spiro atoms. The smallest absolute Gasteiger partial charge is 0.00204 e. The van der Waals surface area contributed by atoms with Crippen LogP contribution in [0.25, 0.3) is 54.6 Å². The Kier molecular flexibility index (Phi) is 3.89. The first-order valence-corrected chi connectivity index (χ1v) is 10.4. The molecule has 0 aliphatic heterocycles. The van der Waals surface area contributed by atoms with Gasteiger partial charge in [-0.25, -0.2) is 0 Å². The summed E-state index contributed by atoms with van der Waals surface area (Å²) in [6.45, 7) is 0. The number of benzene rings is 6. The van der Waals surface area contributed by atoms with Gasteiger partial charge in [0.15, 0.2) is 0 Å². The van der Waals surface area contributed by atoms with Crippen molar-refractivity contribution in [1.82, 2.24) is 0 Å². The van der Waals surface area contributed by atoms with Gasteiger partial charge in [0.1, 0.15) is 0 Å². The molecule has 0 amide bonds. The van der Waals surface area contributed by atoms with E-state index in [1.165, 1.54) is 54.6 Å². The van der Waals surface area contributed by atoms with Crippen molar-refractivity contribution < 1.29 is 0 Å². The molecule has 0 saturated heterocycles. The van der Waals surface area contributed by atoms with Crippen LogP contribution in [-0.4, -0.2) is 0 Å². The summed E-state index contributed by atoms with van der Waals surface area (Å²) in [5.74, 6) is 0. The summed E-state index contributed by atoms with van der Waals surface area (Å²) in [7, 11) is 0. The summed E-state index contributed by atoms with van der Waals surface area (Å²) in [5, 5.41) is 7.90. The Balaban J connectivity index is 1.65. The summed E-state index contributed by atoms with van der Waals surface area (Å²) >= 11 is 0. The van der Waals surface area contributed by atoms with E-state index in [1.54, 1.807) is 0 Å². The van der Waals surface area contributed by atoms with Gasteiger partial charge >= 0.3 is 0 Å². The van der Waals surface area contributed by atoms with Crippen LogP contribution in [0, 0.1) is 0 Å². The lowest BCUT2D eigenvalue weighted by Gasteiger charge is -2.14. The maximum Gasteiger partial charge on any atom is -0.00204 e. The van der Waals surface area contributed by atoms with Gasteiger partial charge in [0.2, 0.25) is 0 Å². The van der Waals surface area contributed by atoms with Crippen molar-refractivity contribution in [3.63, 3.8) is 0 Å². The first-order valence-electron chi connectivity index (χ1n) is 10.4. The maximum atomic E-state index is 2.26. The van der Waals surface area contributed by atoms with Crippen molar-refractivity contribution >= 4 is 32.3 Å². The quantitative estimate of drug-likeness (QED) is 0.264. The first kappa shape index (κ1) is 17.0. The summed E-state index contributed by atoms with van der Waals surface area (Å²) < 4.78 is 0. The van der Waals surface area contributed by atoms with Gasteiger partial charge in [-0.1, -0.05) is 121 Å². The molecular weight excluding hydrogens is 360 g/mol. The molecule has 0 unspecified atom stereocenters. The van der Waals surface area contributed by atoms with Crippen LogP contribution in [0.5, 0.6) is 0 Å². The maximum absolute atomic E-state index is 2.26. The minimum absolute atomic E-state index is 1.25. The lowest BCUT2D eigenvalue weighted by molar-refractivity contribution is 1.61. The molecule has 0 heterocycles. The molecular formula is C30H20. The summed E-state index contributed by atoms with van der Waals surface area (Å²) in [5.41, 5.74) is 5.03. The van der Waals surface area contributed by atoms with Gasteiger partial charge in [0.25, 0.3) is 0 Å². The summed E-state index contributed by atoms with van der Waals surface area (Å²) in [6, 6.07) is 43.7. The lowest BCUT2D eigenvalue weighted by atomic mass is 9.89. The van der Waals surface area contributed by atoms with Crippen LogP contribution in [0.2, 0.25) is 0 Å². The fourth-order valence-electron chi connectivity index (χ4n) is 4.67. The van der Waals surface area contributed by atoms with Crippen LogP contribution < -0.4 is 0 Å². The number of hydrogen-bond acceptors (Lipinski definition) is 0. The molecule has 0 N–H and O–H groups in total. The highest BCUT2D eigenvalue weighted by molar-refractivity contribution is 6.28. The molecule has 0 aliphatic carbocycles. The molecule has 0 atom stereocenters. The van der Waals surface area contributed by atoms with Gasteiger partial charge in [-0.05, 0) is 54.6 Å². The van der Waals surface area contributed by atoms with Crippen LogP contribution in [0.15, 0.2) is 121 Å². The zero-order valence-electron chi connectivity index (χ0n) is 16.5. The fraction of sp³-hybridized carbons (Fsp3) is 0. The van der Waals surface area contributed by atoms with Crippen molar-refractivity contribution in [3.8, 4) is 22.3 Å². The molecule has 0 bridgehead atoms. The van der Waals surface area contributed by atoms with Crippen LogP contribution in [0.3, 0.4) is 0 Å². The van der Waals surface area contributed by atoms with Gasteiger partial charge in [-0.3, -0.25) is 0 Å². The molecule has 6 rings (SSSR count). The third-order valence-corrected chi connectivity index (χ3v) is 6.07. The van der Waals surface area contributed by atoms with E-state index in [9.17, 15) is 0 Å². The van der Waals surface area contributed by atoms with E-state index in [-0.39, 0.29) is 0 Å². The molecule has 0 aliphatic rings. The molecule has 0 heteroatoms. The predicted molar refractivity (Wildman–Crippen MR) is 130 cm³/mol. The Hall–Kier alpha value is -3.90. The number of fused-ring (bicyclic) bond motifs is 6. The summed E-state index contributed by atoms with van der Waals surface area (Å²) in [4.78, 5) is 0. The van der Waals surface area contributed by atoms with Crippen LogP contribution in [-0.2, 0) is 0 Å². The van der Waals surface area contributed by atoms with E-state index in [2.05, 4.69) is 121 Å². The normalized spacial score (nSPS) is 11.3. The molecule has 0 radical (unpaired) electrons. The fourth-order valence-corrected chi connectivity index (χ4v) is 4.67. The number of rotatable bonds is 2. The molecule has 0 fully saturated rings. The predicted octanol–water partition coefficient (Wildman–Crippen LogP) is 8.48. The number of hydrogen-bond donors (Lipinski definition) is 0. The zero-order valence-corrected chi connectivity index (χ0v) is 16.5. The van der Waals surface area contributed by atoms with Crippen molar-refractivity contribution in [3.05, 3.63) is 121 Å². The molecule has 0 nitrogen and oxygen atoms in total. The Morgan fingerprint density at radius 3 is 1.33 bits per heavy atom. The largest absolute Gasteiger partial charge is 0.0622 e. The highest BCUT2D eigenvalue weighted by atomic mass is 14.2.